The molecule has 3 aromatic carbocycles. The Kier molecular flexibility index (Phi) is 8.76. The molecule has 1 aliphatic heterocycles. The average Bonchev–Trinajstić information content (AvgIpc) is 3.40. The number of hydrogen-bond donors (Lipinski definition) is 1. The van der Waals surface area contributed by atoms with Crippen molar-refractivity contribution in [1.82, 2.24) is 4.90 Å². The number of ketones is 1. The number of nitrogens with one attached hydrogen (secondary N) is 1. The van der Waals surface area contributed by atoms with Crippen molar-refractivity contribution in [3.05, 3.63) is 88.9 Å². The number of benzene rings is 3. The van der Waals surface area contributed by atoms with E-state index in [4.69, 9.17) is 21.1 Å². The van der Waals surface area contributed by atoms with Gasteiger partial charge in [0.1, 0.15) is 11.5 Å². The van der Waals surface area contributed by atoms with Crippen molar-refractivity contribution in [2.24, 2.45) is 0 Å². The zero-order valence-corrected chi connectivity index (χ0v) is 20.3. The zero-order chi connectivity index (χ0) is 24.5. The lowest BCUT2D eigenvalue weighted by Gasteiger charge is -2.14. The predicted molar refractivity (Wildman–Crippen MR) is 138 cm³/mol. The minimum Gasteiger partial charge on any atom is -0.494 e. The quantitative estimate of drug-likeness (QED) is 0.284. The number of ether oxygens (including phenoxy) is 2. The smallest absolute Gasteiger partial charge is 0.262 e. The van der Waals surface area contributed by atoms with Gasteiger partial charge in [0.2, 0.25) is 0 Å². The van der Waals surface area contributed by atoms with E-state index in [1.807, 2.05) is 18.2 Å². The van der Waals surface area contributed by atoms with Crippen LogP contribution < -0.4 is 14.8 Å². The maximum absolute atomic E-state index is 12.9. The Morgan fingerprint density at radius 1 is 0.914 bits per heavy atom. The Balaban J connectivity index is 1.26. The molecule has 1 saturated heterocycles. The summed E-state index contributed by atoms with van der Waals surface area (Å²) < 4.78 is 11.5. The van der Waals surface area contributed by atoms with Gasteiger partial charge >= 0.3 is 0 Å². The van der Waals surface area contributed by atoms with E-state index in [0.29, 0.717) is 34.2 Å². The number of nitrogens with zero attached hydrogens (tertiary/aromatic N) is 1. The van der Waals surface area contributed by atoms with E-state index in [9.17, 15) is 9.59 Å². The second-order valence-corrected chi connectivity index (χ2v) is 8.88. The summed E-state index contributed by atoms with van der Waals surface area (Å²) in [5.41, 5.74) is 1.46. The van der Waals surface area contributed by atoms with E-state index in [1.54, 1.807) is 54.6 Å². The fourth-order valence-corrected chi connectivity index (χ4v) is 4.18. The molecule has 3 aromatic rings. The first kappa shape index (κ1) is 24.8. The molecular formula is C28H29ClN2O4. The van der Waals surface area contributed by atoms with Crippen LogP contribution in [0.25, 0.3) is 0 Å². The average molecular weight is 493 g/mol. The van der Waals surface area contributed by atoms with Gasteiger partial charge in [0.05, 0.1) is 12.2 Å². The van der Waals surface area contributed by atoms with E-state index in [0.717, 1.165) is 18.7 Å². The van der Waals surface area contributed by atoms with Crippen LogP contribution in [0, 0.1) is 0 Å². The van der Waals surface area contributed by atoms with Crippen molar-refractivity contribution < 1.29 is 19.1 Å². The first-order valence-corrected chi connectivity index (χ1v) is 12.2. The van der Waals surface area contributed by atoms with Crippen LogP contribution >= 0.6 is 11.6 Å². The van der Waals surface area contributed by atoms with Gasteiger partial charge in [-0.05, 0) is 74.8 Å². The van der Waals surface area contributed by atoms with E-state index >= 15 is 0 Å². The lowest BCUT2D eigenvalue weighted by atomic mass is 10.0. The number of halogens is 1. The Bertz CT molecular complexity index is 1130. The van der Waals surface area contributed by atoms with Crippen molar-refractivity contribution in [2.75, 3.05) is 38.2 Å². The fourth-order valence-electron chi connectivity index (χ4n) is 4.01. The van der Waals surface area contributed by atoms with Crippen molar-refractivity contribution >= 4 is 29.0 Å². The number of amides is 1. The number of likely N-dealkylation sites (tertiary alicyclic amines) is 1. The lowest BCUT2D eigenvalue weighted by molar-refractivity contribution is -0.118. The standard InChI is InChI=1S/C28H29ClN2O4/c29-22-9-14-26(25(19-22)28(33)21-7-2-1-3-8-21)35-20-27(32)30-23-10-12-24(13-11-23)34-18-6-17-31-15-4-5-16-31/h1-3,7-14,19H,4-6,15-18,20H2,(H,30,32). The van der Waals surface area contributed by atoms with Gasteiger partial charge in [-0.1, -0.05) is 41.9 Å². The molecule has 1 fully saturated rings. The van der Waals surface area contributed by atoms with Crippen LogP contribution in [0.4, 0.5) is 5.69 Å². The lowest BCUT2D eigenvalue weighted by Crippen LogP contribution is -2.22. The van der Waals surface area contributed by atoms with E-state index in [1.165, 1.54) is 25.9 Å². The van der Waals surface area contributed by atoms with E-state index in [-0.39, 0.29) is 18.3 Å². The highest BCUT2D eigenvalue weighted by atomic mass is 35.5. The molecule has 0 saturated carbocycles. The summed E-state index contributed by atoms with van der Waals surface area (Å²) in [6.07, 6.45) is 3.59. The summed E-state index contributed by atoms with van der Waals surface area (Å²) in [6.45, 7) is 3.88. The summed E-state index contributed by atoms with van der Waals surface area (Å²) in [4.78, 5) is 27.8. The second-order valence-electron chi connectivity index (χ2n) is 8.45. The molecule has 0 spiro atoms. The Hall–Kier alpha value is -3.35. The number of carbonyl (C=O) groups excluding carboxylic acids is 2. The molecule has 1 aliphatic rings. The molecule has 4 rings (SSSR count). The molecule has 0 aromatic heterocycles. The Morgan fingerprint density at radius 3 is 2.40 bits per heavy atom. The first-order valence-electron chi connectivity index (χ1n) is 11.9. The van der Waals surface area contributed by atoms with Crippen molar-refractivity contribution in [3.63, 3.8) is 0 Å². The van der Waals surface area contributed by atoms with Gasteiger partial charge in [0, 0.05) is 22.8 Å². The number of hydrogen-bond acceptors (Lipinski definition) is 5. The number of rotatable bonds is 11. The van der Waals surface area contributed by atoms with Gasteiger partial charge in [0.25, 0.3) is 5.91 Å². The number of anilines is 1. The highest BCUT2D eigenvalue weighted by Crippen LogP contribution is 2.26. The molecule has 0 radical (unpaired) electrons. The maximum Gasteiger partial charge on any atom is 0.262 e. The van der Waals surface area contributed by atoms with E-state index < -0.39 is 0 Å². The van der Waals surface area contributed by atoms with Gasteiger partial charge in [-0.25, -0.2) is 0 Å². The van der Waals surface area contributed by atoms with Crippen LogP contribution in [0.1, 0.15) is 35.2 Å². The third kappa shape index (κ3) is 7.31. The highest BCUT2D eigenvalue weighted by molar-refractivity contribution is 6.31. The second kappa shape index (κ2) is 12.4. The van der Waals surface area contributed by atoms with Gasteiger partial charge < -0.3 is 19.7 Å². The molecule has 35 heavy (non-hydrogen) atoms. The topological polar surface area (TPSA) is 67.9 Å². The summed E-state index contributed by atoms with van der Waals surface area (Å²) in [5.74, 6) is 0.513. The monoisotopic (exact) mass is 492 g/mol. The SMILES string of the molecule is O=C(COc1ccc(Cl)cc1C(=O)c1ccccc1)Nc1ccc(OCCCN2CCCC2)cc1. The maximum atomic E-state index is 12.9. The molecule has 182 valence electrons. The molecular weight excluding hydrogens is 464 g/mol. The van der Waals surface area contributed by atoms with Crippen LogP contribution in [0.2, 0.25) is 5.02 Å². The summed E-state index contributed by atoms with van der Waals surface area (Å²) in [5, 5.41) is 3.21. The molecule has 0 atom stereocenters. The van der Waals surface area contributed by atoms with Crippen LogP contribution in [-0.4, -0.2) is 49.4 Å². The molecule has 1 heterocycles. The molecule has 1 amide bonds. The molecule has 0 unspecified atom stereocenters. The minimum absolute atomic E-state index is 0.223. The third-order valence-electron chi connectivity index (χ3n) is 5.81. The Labute approximate surface area is 210 Å². The summed E-state index contributed by atoms with van der Waals surface area (Å²) >= 11 is 6.10. The molecule has 0 bridgehead atoms. The molecule has 7 heteroatoms. The predicted octanol–water partition coefficient (Wildman–Crippen LogP) is 5.45. The highest BCUT2D eigenvalue weighted by Gasteiger charge is 2.16. The fraction of sp³-hybridized carbons (Fsp3) is 0.286. The van der Waals surface area contributed by atoms with Crippen LogP contribution in [0.5, 0.6) is 11.5 Å². The number of carbonyl (C=O) groups is 2. The zero-order valence-electron chi connectivity index (χ0n) is 19.5. The summed E-state index contributed by atoms with van der Waals surface area (Å²) in [6, 6.07) is 20.9. The van der Waals surface area contributed by atoms with Crippen LogP contribution in [-0.2, 0) is 4.79 Å². The van der Waals surface area contributed by atoms with Crippen molar-refractivity contribution in [1.29, 1.82) is 0 Å². The van der Waals surface area contributed by atoms with Crippen LogP contribution in [0.3, 0.4) is 0 Å². The van der Waals surface area contributed by atoms with Crippen LogP contribution in [0.15, 0.2) is 72.8 Å². The van der Waals surface area contributed by atoms with Crippen molar-refractivity contribution in [3.8, 4) is 11.5 Å². The third-order valence-corrected chi connectivity index (χ3v) is 6.04. The molecule has 1 N–H and O–H groups in total. The first-order chi connectivity index (χ1) is 17.1. The van der Waals surface area contributed by atoms with Gasteiger partial charge in [-0.15, -0.1) is 0 Å². The van der Waals surface area contributed by atoms with E-state index in [2.05, 4.69) is 10.2 Å². The minimum atomic E-state index is -0.336. The van der Waals surface area contributed by atoms with Gasteiger partial charge in [0.15, 0.2) is 12.4 Å². The summed E-state index contributed by atoms with van der Waals surface area (Å²) in [7, 11) is 0. The van der Waals surface area contributed by atoms with Gasteiger partial charge in [-0.2, -0.15) is 0 Å². The Morgan fingerprint density at radius 2 is 1.66 bits per heavy atom. The largest absolute Gasteiger partial charge is 0.494 e. The van der Waals surface area contributed by atoms with Gasteiger partial charge in [-0.3, -0.25) is 9.59 Å². The normalized spacial score (nSPS) is 13.4. The molecule has 6 nitrogen and oxygen atoms in total. The van der Waals surface area contributed by atoms with Crippen molar-refractivity contribution in [2.45, 2.75) is 19.3 Å². The molecule has 0 aliphatic carbocycles.